The molecular weight excluding hydrogens is 337 g/mol. The van der Waals surface area contributed by atoms with E-state index in [1.807, 2.05) is 32.0 Å². The third-order valence-corrected chi connectivity index (χ3v) is 6.13. The van der Waals surface area contributed by atoms with Crippen molar-refractivity contribution in [1.29, 1.82) is 0 Å². The second kappa shape index (κ2) is 6.11. The Kier molecular flexibility index (Phi) is 4.04. The van der Waals surface area contributed by atoms with E-state index in [1.165, 1.54) is 17.8 Å². The number of hydrogen-bond acceptors (Lipinski definition) is 5. The van der Waals surface area contributed by atoms with Crippen LogP contribution in [0.5, 0.6) is 0 Å². The average Bonchev–Trinajstić information content (AvgIpc) is 2.93. The van der Waals surface area contributed by atoms with Crippen molar-refractivity contribution in [1.82, 2.24) is 4.98 Å². The van der Waals surface area contributed by atoms with Gasteiger partial charge in [-0.2, -0.15) is 0 Å². The van der Waals surface area contributed by atoms with E-state index in [2.05, 4.69) is 4.98 Å². The number of nitrogens with zero attached hydrogens (tertiary/aromatic N) is 2. The molecule has 0 bridgehead atoms. The number of benzene rings is 1. The second-order valence-corrected chi connectivity index (χ2v) is 7.68. The molecule has 4 nitrogen and oxygen atoms in total. The number of fused-ring (bicyclic) bond motifs is 1. The smallest absolute Gasteiger partial charge is 0.154 e. The van der Waals surface area contributed by atoms with Crippen LogP contribution >= 0.6 is 11.8 Å². The topological polar surface area (TPSA) is 60.5 Å². The van der Waals surface area contributed by atoms with Gasteiger partial charge in [-0.25, -0.2) is 9.38 Å². The van der Waals surface area contributed by atoms with Crippen LogP contribution in [0.15, 0.2) is 41.5 Å². The molecule has 25 heavy (non-hydrogen) atoms. The van der Waals surface area contributed by atoms with Gasteiger partial charge in [-0.1, -0.05) is 23.9 Å². The van der Waals surface area contributed by atoms with Gasteiger partial charge in [0.1, 0.15) is 11.4 Å². The van der Waals surface area contributed by atoms with Crippen LogP contribution in [0.3, 0.4) is 0 Å². The first-order chi connectivity index (χ1) is 12.0. The lowest BCUT2D eigenvalue weighted by Crippen LogP contribution is -2.41. The molecule has 2 aliphatic rings. The summed E-state index contributed by atoms with van der Waals surface area (Å²) in [4.78, 5) is 9.03. The van der Waals surface area contributed by atoms with Crippen LogP contribution < -0.4 is 5.73 Å². The Hall–Kier alpha value is -1.92. The second-order valence-electron chi connectivity index (χ2n) is 6.64. The Labute approximate surface area is 150 Å². The fraction of sp³-hybridized carbons (Fsp3) is 0.368. The highest BCUT2D eigenvalue weighted by atomic mass is 32.2. The third-order valence-electron chi connectivity index (χ3n) is 5.22. The molecule has 0 amide bonds. The number of aromatic nitrogens is 1. The Balaban J connectivity index is 1.89. The van der Waals surface area contributed by atoms with E-state index in [9.17, 15) is 4.39 Å². The summed E-state index contributed by atoms with van der Waals surface area (Å²) in [6, 6.07) is 9.08. The Morgan fingerprint density at radius 3 is 3.00 bits per heavy atom. The van der Waals surface area contributed by atoms with Gasteiger partial charge in [0.05, 0.1) is 12.7 Å². The maximum atomic E-state index is 14.9. The molecule has 0 radical (unpaired) electrons. The molecule has 2 aromatic rings. The van der Waals surface area contributed by atoms with E-state index in [1.54, 1.807) is 12.3 Å². The van der Waals surface area contributed by atoms with Crippen molar-refractivity contribution in [2.24, 2.45) is 16.6 Å². The van der Waals surface area contributed by atoms with Crippen LogP contribution in [0.1, 0.15) is 18.2 Å². The molecule has 2 N–H and O–H groups in total. The predicted octanol–water partition coefficient (Wildman–Crippen LogP) is 3.49. The van der Waals surface area contributed by atoms with Gasteiger partial charge in [-0.15, -0.1) is 0 Å². The summed E-state index contributed by atoms with van der Waals surface area (Å²) < 4.78 is 20.7. The van der Waals surface area contributed by atoms with Gasteiger partial charge < -0.3 is 10.5 Å². The van der Waals surface area contributed by atoms with Gasteiger partial charge in [0.15, 0.2) is 5.17 Å². The molecule has 6 heteroatoms. The van der Waals surface area contributed by atoms with Crippen LogP contribution in [0.25, 0.3) is 11.1 Å². The minimum Gasteiger partial charge on any atom is -0.379 e. The SMILES string of the molecule is Cc1ncccc1-c1ccc(F)c([C@]23CO[C@H](C)[C@H]2CSC(N)=N3)c1. The number of rotatable bonds is 2. The number of hydrogen-bond donors (Lipinski definition) is 1. The summed E-state index contributed by atoms with van der Waals surface area (Å²) in [6.07, 6.45) is 1.78. The van der Waals surface area contributed by atoms with Gasteiger partial charge in [-0.05, 0) is 37.6 Å². The highest BCUT2D eigenvalue weighted by molar-refractivity contribution is 8.13. The van der Waals surface area contributed by atoms with Crippen molar-refractivity contribution in [2.75, 3.05) is 12.4 Å². The normalized spacial score (nSPS) is 28.5. The third kappa shape index (κ3) is 2.64. The quantitative estimate of drug-likeness (QED) is 0.894. The van der Waals surface area contributed by atoms with Gasteiger partial charge in [0.25, 0.3) is 0 Å². The minimum absolute atomic E-state index is 0.0209. The number of pyridine rings is 1. The summed E-state index contributed by atoms with van der Waals surface area (Å²) in [7, 11) is 0. The Bertz CT molecular complexity index is 856. The summed E-state index contributed by atoms with van der Waals surface area (Å²) in [5.74, 6) is 0.618. The molecule has 3 heterocycles. The van der Waals surface area contributed by atoms with Crippen LogP contribution in [0, 0.1) is 18.7 Å². The molecule has 130 valence electrons. The summed E-state index contributed by atoms with van der Waals surface area (Å²) in [6.45, 7) is 4.33. The molecule has 4 rings (SSSR count). The van der Waals surface area contributed by atoms with Crippen LogP contribution in [0.4, 0.5) is 4.39 Å². The monoisotopic (exact) mass is 357 g/mol. The molecule has 0 saturated carbocycles. The number of thioether (sulfide) groups is 1. The average molecular weight is 357 g/mol. The fourth-order valence-corrected chi connectivity index (χ4v) is 4.94. The maximum absolute atomic E-state index is 14.9. The summed E-state index contributed by atoms with van der Waals surface area (Å²) >= 11 is 1.52. The first kappa shape index (κ1) is 16.5. The molecule has 1 aromatic carbocycles. The molecule has 0 spiro atoms. The Morgan fingerprint density at radius 1 is 1.36 bits per heavy atom. The van der Waals surface area contributed by atoms with E-state index in [0.29, 0.717) is 17.3 Å². The number of aliphatic imine (C=N–C) groups is 1. The highest BCUT2D eigenvalue weighted by Crippen LogP contribution is 2.48. The van der Waals surface area contributed by atoms with Gasteiger partial charge >= 0.3 is 0 Å². The van der Waals surface area contributed by atoms with E-state index in [0.717, 1.165) is 22.6 Å². The zero-order valence-electron chi connectivity index (χ0n) is 14.2. The first-order valence-electron chi connectivity index (χ1n) is 8.33. The van der Waals surface area contributed by atoms with E-state index in [-0.39, 0.29) is 17.8 Å². The molecule has 0 aliphatic carbocycles. The van der Waals surface area contributed by atoms with Crippen molar-refractivity contribution in [3.8, 4) is 11.1 Å². The molecule has 1 fully saturated rings. The largest absolute Gasteiger partial charge is 0.379 e. The molecular formula is C19H20FN3OS. The minimum atomic E-state index is -0.745. The predicted molar refractivity (Wildman–Crippen MR) is 99.0 cm³/mol. The van der Waals surface area contributed by atoms with Gasteiger partial charge in [-0.3, -0.25) is 4.98 Å². The van der Waals surface area contributed by atoms with E-state index >= 15 is 0 Å². The molecule has 0 unspecified atom stereocenters. The Morgan fingerprint density at radius 2 is 2.20 bits per heavy atom. The lowest BCUT2D eigenvalue weighted by Gasteiger charge is -2.35. The van der Waals surface area contributed by atoms with Crippen LogP contribution in [-0.2, 0) is 10.3 Å². The number of amidine groups is 1. The standard InChI is InChI=1S/C19H20FN3OS/c1-11-14(4-3-7-22-11)13-5-6-17(20)15(8-13)19-10-24-12(2)16(19)9-25-18(21)23-19/h3-8,12,16H,9-10H2,1-2H3,(H2,21,23)/t12-,16-,19-/m1/s1. The summed E-state index contributed by atoms with van der Waals surface area (Å²) in [5.41, 5.74) is 8.66. The molecule has 3 atom stereocenters. The van der Waals surface area contributed by atoms with E-state index in [4.69, 9.17) is 15.5 Å². The van der Waals surface area contributed by atoms with Gasteiger partial charge in [0, 0.05) is 34.7 Å². The van der Waals surface area contributed by atoms with Gasteiger partial charge in [0.2, 0.25) is 0 Å². The van der Waals surface area contributed by atoms with Crippen molar-refractivity contribution >= 4 is 16.9 Å². The lowest BCUT2D eigenvalue weighted by atomic mass is 9.78. The number of aryl methyl sites for hydroxylation is 1. The molecule has 2 aliphatic heterocycles. The van der Waals surface area contributed by atoms with Crippen molar-refractivity contribution in [3.63, 3.8) is 0 Å². The van der Waals surface area contributed by atoms with Crippen molar-refractivity contribution in [2.45, 2.75) is 25.5 Å². The van der Waals surface area contributed by atoms with Crippen molar-refractivity contribution < 1.29 is 9.13 Å². The van der Waals surface area contributed by atoms with Crippen molar-refractivity contribution in [3.05, 3.63) is 53.6 Å². The zero-order chi connectivity index (χ0) is 17.6. The summed E-state index contributed by atoms with van der Waals surface area (Å²) in [5, 5.41) is 0.497. The number of ether oxygens (including phenoxy) is 1. The number of halogens is 1. The lowest BCUT2D eigenvalue weighted by molar-refractivity contribution is 0.107. The zero-order valence-corrected chi connectivity index (χ0v) is 15.0. The number of nitrogens with two attached hydrogens (primary N) is 1. The first-order valence-corrected chi connectivity index (χ1v) is 9.31. The fourth-order valence-electron chi connectivity index (χ4n) is 3.81. The van der Waals surface area contributed by atoms with Crippen LogP contribution in [0.2, 0.25) is 0 Å². The van der Waals surface area contributed by atoms with E-state index < -0.39 is 5.54 Å². The maximum Gasteiger partial charge on any atom is 0.154 e. The molecule has 1 aromatic heterocycles. The molecule has 1 saturated heterocycles. The van der Waals surface area contributed by atoms with Crippen LogP contribution in [-0.4, -0.2) is 28.6 Å². The highest BCUT2D eigenvalue weighted by Gasteiger charge is 2.52.